The molecule has 4 nitrogen and oxygen atoms in total. The lowest BCUT2D eigenvalue weighted by Gasteiger charge is -2.17. The van der Waals surface area contributed by atoms with Crippen LogP contribution in [-0.2, 0) is 6.54 Å². The maximum Gasteiger partial charge on any atom is 0.270 e. The molecule has 1 amide bonds. The van der Waals surface area contributed by atoms with Gasteiger partial charge in [-0.05, 0) is 42.7 Å². The second kappa shape index (κ2) is 6.79. The molecule has 0 bridgehead atoms. The van der Waals surface area contributed by atoms with Crippen molar-refractivity contribution in [2.24, 2.45) is 0 Å². The molecule has 1 aliphatic rings. The molecule has 1 saturated heterocycles. The summed E-state index contributed by atoms with van der Waals surface area (Å²) in [5.74, 6) is -0.156. The van der Waals surface area contributed by atoms with E-state index in [0.29, 0.717) is 17.3 Å². The topological polar surface area (TPSA) is 45.2 Å². The van der Waals surface area contributed by atoms with Gasteiger partial charge in [-0.3, -0.25) is 9.78 Å². The van der Waals surface area contributed by atoms with E-state index < -0.39 is 0 Å². The molecule has 2 aromatic rings. The van der Waals surface area contributed by atoms with Crippen molar-refractivity contribution in [3.8, 4) is 0 Å². The van der Waals surface area contributed by atoms with Crippen LogP contribution in [0.15, 0.2) is 42.6 Å². The highest BCUT2D eigenvalue weighted by Gasteiger charge is 2.14. The van der Waals surface area contributed by atoms with Crippen LogP contribution in [0.3, 0.4) is 0 Å². The Labute approximate surface area is 135 Å². The summed E-state index contributed by atoms with van der Waals surface area (Å²) in [6.45, 7) is 2.57. The maximum atomic E-state index is 12.2. The average molecular weight is 316 g/mol. The van der Waals surface area contributed by atoms with Crippen molar-refractivity contribution in [3.63, 3.8) is 0 Å². The molecule has 0 radical (unpaired) electrons. The maximum absolute atomic E-state index is 12.2. The molecule has 1 aliphatic heterocycles. The van der Waals surface area contributed by atoms with Gasteiger partial charge in [0.05, 0.1) is 0 Å². The largest absolute Gasteiger partial charge is 0.371 e. The van der Waals surface area contributed by atoms with Crippen LogP contribution in [0.2, 0.25) is 5.02 Å². The van der Waals surface area contributed by atoms with E-state index in [2.05, 4.69) is 15.2 Å². The summed E-state index contributed by atoms with van der Waals surface area (Å²) < 4.78 is 0. The van der Waals surface area contributed by atoms with E-state index in [-0.39, 0.29) is 5.91 Å². The first kappa shape index (κ1) is 14.9. The third-order valence-corrected chi connectivity index (χ3v) is 4.07. The number of benzene rings is 1. The van der Waals surface area contributed by atoms with Crippen molar-refractivity contribution in [3.05, 3.63) is 58.9 Å². The van der Waals surface area contributed by atoms with Crippen LogP contribution in [0, 0.1) is 0 Å². The van der Waals surface area contributed by atoms with E-state index in [4.69, 9.17) is 11.6 Å². The van der Waals surface area contributed by atoms with E-state index in [9.17, 15) is 4.79 Å². The number of nitrogens with zero attached hydrogens (tertiary/aromatic N) is 2. The fourth-order valence-corrected chi connectivity index (χ4v) is 2.72. The molecule has 2 heterocycles. The second-order valence-corrected chi connectivity index (χ2v) is 5.84. The van der Waals surface area contributed by atoms with E-state index >= 15 is 0 Å². The number of nitrogens with one attached hydrogen (secondary N) is 1. The standard InChI is InChI=1S/C17H18ClN3O/c18-14-5-3-13(4-6-14)12-20-17(22)16-11-15(7-8-19-16)21-9-1-2-10-21/h3-8,11H,1-2,9-10,12H2,(H,20,22). The zero-order valence-electron chi connectivity index (χ0n) is 12.3. The normalized spacial score (nSPS) is 14.1. The molecule has 1 N–H and O–H groups in total. The minimum atomic E-state index is -0.156. The van der Waals surface area contributed by atoms with Gasteiger partial charge >= 0.3 is 0 Å². The molecule has 5 heteroatoms. The molecule has 3 rings (SSSR count). The minimum Gasteiger partial charge on any atom is -0.371 e. The van der Waals surface area contributed by atoms with Crippen LogP contribution < -0.4 is 10.2 Å². The summed E-state index contributed by atoms with van der Waals surface area (Å²) in [4.78, 5) is 18.7. The minimum absolute atomic E-state index is 0.156. The lowest BCUT2D eigenvalue weighted by molar-refractivity contribution is 0.0946. The Hall–Kier alpha value is -2.07. The molecule has 22 heavy (non-hydrogen) atoms. The molecule has 0 unspecified atom stereocenters. The van der Waals surface area contributed by atoms with E-state index in [1.54, 1.807) is 6.20 Å². The Kier molecular flexibility index (Phi) is 4.59. The molecular formula is C17H18ClN3O. The van der Waals surface area contributed by atoms with Gasteiger partial charge in [0.15, 0.2) is 0 Å². The number of halogens is 1. The monoisotopic (exact) mass is 315 g/mol. The molecule has 0 spiro atoms. The summed E-state index contributed by atoms with van der Waals surface area (Å²) in [5.41, 5.74) is 2.54. The van der Waals surface area contributed by atoms with Crippen LogP contribution in [0.1, 0.15) is 28.9 Å². The number of carbonyl (C=O) groups excluding carboxylic acids is 1. The predicted octanol–water partition coefficient (Wildman–Crippen LogP) is 3.27. The van der Waals surface area contributed by atoms with Crippen LogP contribution in [0.25, 0.3) is 0 Å². The molecule has 1 fully saturated rings. The molecule has 1 aromatic carbocycles. The number of hydrogen-bond acceptors (Lipinski definition) is 3. The highest BCUT2D eigenvalue weighted by molar-refractivity contribution is 6.30. The number of carbonyl (C=O) groups is 1. The Balaban J connectivity index is 1.64. The van der Waals surface area contributed by atoms with Crippen molar-refractivity contribution in [1.29, 1.82) is 0 Å². The van der Waals surface area contributed by atoms with Crippen LogP contribution in [-0.4, -0.2) is 24.0 Å². The number of amides is 1. The third kappa shape index (κ3) is 3.57. The average Bonchev–Trinajstić information content (AvgIpc) is 3.09. The van der Waals surface area contributed by atoms with Gasteiger partial charge in [0.25, 0.3) is 5.91 Å². The van der Waals surface area contributed by atoms with Crippen molar-refractivity contribution in [2.75, 3.05) is 18.0 Å². The van der Waals surface area contributed by atoms with Crippen molar-refractivity contribution >= 4 is 23.2 Å². The van der Waals surface area contributed by atoms with Crippen LogP contribution in [0.5, 0.6) is 0 Å². The van der Waals surface area contributed by atoms with Gasteiger partial charge < -0.3 is 10.2 Å². The van der Waals surface area contributed by atoms with Gasteiger partial charge in [-0.1, -0.05) is 23.7 Å². The van der Waals surface area contributed by atoms with Crippen LogP contribution >= 0.6 is 11.6 Å². The number of rotatable bonds is 4. The first-order valence-corrected chi connectivity index (χ1v) is 7.84. The number of aromatic nitrogens is 1. The van der Waals surface area contributed by atoms with E-state index in [0.717, 1.165) is 24.3 Å². The quantitative estimate of drug-likeness (QED) is 0.942. The van der Waals surface area contributed by atoms with Gasteiger partial charge in [-0.25, -0.2) is 0 Å². The Morgan fingerprint density at radius 2 is 1.91 bits per heavy atom. The summed E-state index contributed by atoms with van der Waals surface area (Å²) in [6, 6.07) is 11.3. The molecule has 0 saturated carbocycles. The van der Waals surface area contributed by atoms with E-state index in [1.165, 1.54) is 12.8 Å². The summed E-state index contributed by atoms with van der Waals surface area (Å²) in [5, 5.41) is 3.58. The smallest absolute Gasteiger partial charge is 0.270 e. The molecule has 0 atom stereocenters. The lowest BCUT2D eigenvalue weighted by Crippen LogP contribution is -2.24. The summed E-state index contributed by atoms with van der Waals surface area (Å²) in [6.07, 6.45) is 4.12. The number of hydrogen-bond donors (Lipinski definition) is 1. The Morgan fingerprint density at radius 1 is 1.18 bits per heavy atom. The second-order valence-electron chi connectivity index (χ2n) is 5.40. The predicted molar refractivity (Wildman–Crippen MR) is 88.3 cm³/mol. The Bertz CT molecular complexity index is 651. The summed E-state index contributed by atoms with van der Waals surface area (Å²) >= 11 is 5.85. The van der Waals surface area contributed by atoms with Crippen molar-refractivity contribution in [1.82, 2.24) is 10.3 Å². The van der Waals surface area contributed by atoms with Gasteiger partial charge in [0.1, 0.15) is 5.69 Å². The van der Waals surface area contributed by atoms with Gasteiger partial charge in [0.2, 0.25) is 0 Å². The fourth-order valence-electron chi connectivity index (χ4n) is 2.59. The lowest BCUT2D eigenvalue weighted by atomic mass is 10.2. The Morgan fingerprint density at radius 3 is 2.64 bits per heavy atom. The van der Waals surface area contributed by atoms with Gasteiger partial charge in [0, 0.05) is 36.5 Å². The third-order valence-electron chi connectivity index (χ3n) is 3.81. The zero-order valence-corrected chi connectivity index (χ0v) is 13.0. The molecule has 114 valence electrons. The van der Waals surface area contributed by atoms with Gasteiger partial charge in [-0.2, -0.15) is 0 Å². The highest BCUT2D eigenvalue weighted by Crippen LogP contribution is 2.20. The summed E-state index contributed by atoms with van der Waals surface area (Å²) in [7, 11) is 0. The molecule has 1 aromatic heterocycles. The van der Waals surface area contributed by atoms with E-state index in [1.807, 2.05) is 36.4 Å². The first-order chi connectivity index (χ1) is 10.7. The zero-order chi connectivity index (χ0) is 15.4. The molecule has 0 aliphatic carbocycles. The van der Waals surface area contributed by atoms with Crippen molar-refractivity contribution < 1.29 is 4.79 Å². The number of anilines is 1. The molecular weight excluding hydrogens is 298 g/mol. The van der Waals surface area contributed by atoms with Crippen LogP contribution in [0.4, 0.5) is 5.69 Å². The van der Waals surface area contributed by atoms with Gasteiger partial charge in [-0.15, -0.1) is 0 Å². The highest BCUT2D eigenvalue weighted by atomic mass is 35.5. The number of pyridine rings is 1. The fraction of sp³-hybridized carbons (Fsp3) is 0.294. The first-order valence-electron chi connectivity index (χ1n) is 7.46. The SMILES string of the molecule is O=C(NCc1ccc(Cl)cc1)c1cc(N2CCCC2)ccn1. The van der Waals surface area contributed by atoms with Crippen molar-refractivity contribution in [2.45, 2.75) is 19.4 Å².